The number of anilines is 2. The summed E-state index contributed by atoms with van der Waals surface area (Å²) in [5.41, 5.74) is -0.755. The van der Waals surface area contributed by atoms with Crippen molar-refractivity contribution in [2.75, 3.05) is 10.6 Å². The van der Waals surface area contributed by atoms with Crippen LogP contribution in [0, 0.1) is 5.92 Å². The van der Waals surface area contributed by atoms with Gasteiger partial charge in [-0.2, -0.15) is 0 Å². The number of benzene rings is 2. The summed E-state index contributed by atoms with van der Waals surface area (Å²) in [4.78, 5) is 39.6. The van der Waals surface area contributed by atoms with E-state index < -0.39 is 29.2 Å². The normalized spacial score (nSPS) is 11.8. The van der Waals surface area contributed by atoms with Crippen LogP contribution in [0.3, 0.4) is 0 Å². The van der Waals surface area contributed by atoms with E-state index in [0.717, 1.165) is 0 Å². The first-order valence-electron chi connectivity index (χ1n) is 9.35. The number of carbonyl (C=O) groups excluding carboxylic acids is 3. The van der Waals surface area contributed by atoms with Gasteiger partial charge in [0.05, 0.1) is 5.92 Å². The zero-order valence-corrected chi connectivity index (χ0v) is 17.5. The Hall–Kier alpha value is -3.06. The summed E-state index contributed by atoms with van der Waals surface area (Å²) >= 11 is 5.10. The highest BCUT2D eigenvalue weighted by atomic mass is 32.1. The molecule has 2 rings (SSSR count). The second kappa shape index (κ2) is 9.93. The lowest BCUT2D eigenvalue weighted by Gasteiger charge is -2.32. The maximum absolute atomic E-state index is 13.2. The van der Waals surface area contributed by atoms with Crippen molar-refractivity contribution >= 4 is 46.2 Å². The smallest absolute Gasteiger partial charge is 0.259 e. The molecule has 2 aromatic carbocycles. The van der Waals surface area contributed by atoms with E-state index in [1.54, 1.807) is 69.3 Å². The Balaban J connectivity index is 2.37. The van der Waals surface area contributed by atoms with Crippen LogP contribution in [-0.4, -0.2) is 28.1 Å². The average Bonchev–Trinajstić information content (AvgIpc) is 2.72. The van der Waals surface area contributed by atoms with Gasteiger partial charge in [0.1, 0.15) is 0 Å². The van der Waals surface area contributed by atoms with Crippen LogP contribution >= 0.6 is 12.2 Å². The molecule has 0 heterocycles. The molecule has 3 amide bonds. The van der Waals surface area contributed by atoms with Crippen LogP contribution < -0.4 is 16.0 Å². The quantitative estimate of drug-likeness (QED) is 0.458. The molecule has 3 N–H and O–H groups in total. The second-order valence-electron chi connectivity index (χ2n) is 6.72. The number of thiocarbonyl (C=S) groups is 1. The molecule has 0 aliphatic heterocycles. The fourth-order valence-electron chi connectivity index (χ4n) is 2.65. The molecule has 0 unspecified atom stereocenters. The number of nitrogens with one attached hydrogen (secondary N) is 3. The summed E-state index contributed by atoms with van der Waals surface area (Å²) < 4.78 is 0. The van der Waals surface area contributed by atoms with Crippen molar-refractivity contribution in [3.63, 3.8) is 0 Å². The highest BCUT2D eigenvalue weighted by Crippen LogP contribution is 2.20. The summed E-state index contributed by atoms with van der Waals surface area (Å²) in [5.74, 6) is -2.35. The molecule has 0 aliphatic carbocycles. The fourth-order valence-corrected chi connectivity index (χ4v) is 2.75. The van der Waals surface area contributed by atoms with E-state index in [4.69, 9.17) is 12.2 Å². The number of carbonyl (C=O) groups is 3. The van der Waals surface area contributed by atoms with Gasteiger partial charge in [-0.25, -0.2) is 0 Å². The van der Waals surface area contributed by atoms with Crippen molar-refractivity contribution in [3.05, 3.63) is 60.7 Å². The van der Waals surface area contributed by atoms with Crippen LogP contribution in [0.2, 0.25) is 0 Å². The molecule has 0 saturated heterocycles. The molecule has 152 valence electrons. The maximum atomic E-state index is 13.2. The molecule has 6 nitrogen and oxygen atoms in total. The third-order valence-electron chi connectivity index (χ3n) is 4.71. The average molecular weight is 412 g/mol. The van der Waals surface area contributed by atoms with E-state index in [1.165, 1.54) is 0 Å². The van der Waals surface area contributed by atoms with Gasteiger partial charge in [0.2, 0.25) is 5.91 Å². The molecule has 0 bridgehead atoms. The van der Waals surface area contributed by atoms with Gasteiger partial charge < -0.3 is 16.0 Å². The molecule has 2 aromatic rings. The van der Waals surface area contributed by atoms with Crippen molar-refractivity contribution in [2.45, 2.75) is 32.7 Å². The molecule has 7 heteroatoms. The van der Waals surface area contributed by atoms with E-state index in [2.05, 4.69) is 16.0 Å². The van der Waals surface area contributed by atoms with Crippen molar-refractivity contribution in [2.24, 2.45) is 5.92 Å². The Bertz CT molecular complexity index is 831. The van der Waals surface area contributed by atoms with Gasteiger partial charge in [-0.05, 0) is 44.5 Å². The standard InChI is InChI=1S/C22H25N3O3S/c1-4-22(25-19(26)15(2)16(3)29,20(27)23-17-11-7-5-8-12-17)21(28)24-18-13-9-6-10-14-18/h5-15H,4H2,1-3H3,(H,23,27)(H,24,28)(H,25,26)/t15-/m1/s1. The number of para-hydroxylation sites is 2. The van der Waals surface area contributed by atoms with Gasteiger partial charge in [0.25, 0.3) is 11.8 Å². The maximum Gasteiger partial charge on any atom is 0.259 e. The molecule has 0 aromatic heterocycles. The minimum Gasteiger partial charge on any atom is -0.334 e. The van der Waals surface area contributed by atoms with E-state index in [0.29, 0.717) is 16.2 Å². The number of hydrogen-bond donors (Lipinski definition) is 3. The summed E-state index contributed by atoms with van der Waals surface area (Å²) in [7, 11) is 0. The third kappa shape index (κ3) is 5.48. The topological polar surface area (TPSA) is 87.3 Å². The van der Waals surface area contributed by atoms with Gasteiger partial charge in [-0.3, -0.25) is 14.4 Å². The number of amides is 3. The van der Waals surface area contributed by atoms with E-state index >= 15 is 0 Å². The second-order valence-corrected chi connectivity index (χ2v) is 7.36. The Labute approximate surface area is 176 Å². The van der Waals surface area contributed by atoms with Gasteiger partial charge >= 0.3 is 0 Å². The molecule has 0 aliphatic rings. The number of rotatable bonds is 8. The molecule has 0 spiro atoms. The van der Waals surface area contributed by atoms with Gasteiger partial charge in [-0.1, -0.05) is 55.5 Å². The predicted molar refractivity (Wildman–Crippen MR) is 119 cm³/mol. The van der Waals surface area contributed by atoms with Crippen molar-refractivity contribution in [3.8, 4) is 0 Å². The Morgan fingerprint density at radius 2 is 1.31 bits per heavy atom. The lowest BCUT2D eigenvalue weighted by molar-refractivity contribution is -0.139. The molecular weight excluding hydrogens is 386 g/mol. The molecular formula is C22H25N3O3S. The van der Waals surface area contributed by atoms with Gasteiger partial charge in [0, 0.05) is 16.2 Å². The summed E-state index contributed by atoms with van der Waals surface area (Å²) in [6.07, 6.45) is 0.0548. The van der Waals surface area contributed by atoms with Crippen molar-refractivity contribution in [1.29, 1.82) is 0 Å². The third-order valence-corrected chi connectivity index (χ3v) is 5.06. The lowest BCUT2D eigenvalue weighted by atomic mass is 9.91. The zero-order valence-electron chi connectivity index (χ0n) is 16.7. The van der Waals surface area contributed by atoms with Crippen LogP contribution in [0.4, 0.5) is 11.4 Å². The molecule has 29 heavy (non-hydrogen) atoms. The predicted octanol–water partition coefficient (Wildman–Crippen LogP) is 3.55. The van der Waals surface area contributed by atoms with Gasteiger partial charge in [0.15, 0.2) is 5.54 Å². The summed E-state index contributed by atoms with van der Waals surface area (Å²) in [5, 5.41) is 8.10. The summed E-state index contributed by atoms with van der Waals surface area (Å²) in [6, 6.07) is 17.5. The highest BCUT2D eigenvalue weighted by molar-refractivity contribution is 7.80. The van der Waals surface area contributed by atoms with Crippen LogP contribution in [-0.2, 0) is 14.4 Å². The van der Waals surface area contributed by atoms with E-state index in [1.807, 2.05) is 12.1 Å². The largest absolute Gasteiger partial charge is 0.334 e. The van der Waals surface area contributed by atoms with Crippen LogP contribution in [0.15, 0.2) is 60.7 Å². The van der Waals surface area contributed by atoms with Gasteiger partial charge in [-0.15, -0.1) is 0 Å². The van der Waals surface area contributed by atoms with Crippen molar-refractivity contribution in [1.82, 2.24) is 5.32 Å². The minimum atomic E-state index is -1.80. The molecule has 1 atom stereocenters. The molecule has 0 radical (unpaired) electrons. The molecule has 0 saturated carbocycles. The SMILES string of the molecule is CCC(NC(=O)[C@H](C)C(C)=S)(C(=O)Nc1ccccc1)C(=O)Nc1ccccc1. The van der Waals surface area contributed by atoms with E-state index in [-0.39, 0.29) is 6.42 Å². The lowest BCUT2D eigenvalue weighted by Crippen LogP contribution is -2.64. The summed E-state index contributed by atoms with van der Waals surface area (Å²) in [6.45, 7) is 4.97. The Morgan fingerprint density at radius 1 is 0.897 bits per heavy atom. The first kappa shape index (κ1) is 22.2. The van der Waals surface area contributed by atoms with Crippen LogP contribution in [0.5, 0.6) is 0 Å². The monoisotopic (exact) mass is 411 g/mol. The van der Waals surface area contributed by atoms with Crippen LogP contribution in [0.1, 0.15) is 27.2 Å². The Kier molecular flexibility index (Phi) is 7.61. The first-order valence-corrected chi connectivity index (χ1v) is 9.76. The number of hydrogen-bond acceptors (Lipinski definition) is 4. The van der Waals surface area contributed by atoms with Crippen molar-refractivity contribution < 1.29 is 14.4 Å². The zero-order chi connectivity index (χ0) is 21.4. The molecule has 0 fully saturated rings. The van der Waals surface area contributed by atoms with Crippen LogP contribution in [0.25, 0.3) is 0 Å². The highest BCUT2D eigenvalue weighted by Gasteiger charge is 2.46. The Morgan fingerprint density at radius 3 is 1.66 bits per heavy atom. The van der Waals surface area contributed by atoms with E-state index in [9.17, 15) is 14.4 Å². The minimum absolute atomic E-state index is 0.0548. The fraction of sp³-hybridized carbons (Fsp3) is 0.273. The first-order chi connectivity index (χ1) is 13.8.